The van der Waals surface area contributed by atoms with E-state index in [4.69, 9.17) is 5.14 Å². The number of aromatic nitrogens is 2. The third-order valence-electron chi connectivity index (χ3n) is 4.74. The van der Waals surface area contributed by atoms with Gasteiger partial charge in [0, 0.05) is 5.56 Å². The van der Waals surface area contributed by atoms with Gasteiger partial charge >= 0.3 is 6.18 Å². The van der Waals surface area contributed by atoms with E-state index in [1.165, 1.54) is 24.3 Å². The van der Waals surface area contributed by atoms with Crippen molar-refractivity contribution in [3.8, 4) is 11.1 Å². The van der Waals surface area contributed by atoms with Gasteiger partial charge in [0.05, 0.1) is 21.5 Å². The zero-order valence-electron chi connectivity index (χ0n) is 16.2. The minimum Gasteiger partial charge on any atom is -0.338 e. The van der Waals surface area contributed by atoms with Crippen LogP contribution >= 0.6 is 0 Å². The Morgan fingerprint density at radius 1 is 0.969 bits per heavy atom. The van der Waals surface area contributed by atoms with E-state index in [-0.39, 0.29) is 10.5 Å². The zero-order chi connectivity index (χ0) is 23.1. The van der Waals surface area contributed by atoms with Crippen LogP contribution in [0.3, 0.4) is 0 Å². The van der Waals surface area contributed by atoms with E-state index in [0.29, 0.717) is 28.0 Å². The standard InChI is InChI=1S/C22H15F4N3O2S/c23-17-8-5-13(11-16(17)22(24,25)26)6-10-21-28-18-9-7-14(12-19(18)29-21)15-3-1-2-4-20(15)32(27,30)31/h1-12H,(H,28,29)(H2,27,30,31). The Bertz CT molecular complexity index is 1460. The van der Waals surface area contributed by atoms with Crippen LogP contribution in [0.25, 0.3) is 34.3 Å². The number of primary sulfonamides is 1. The molecule has 0 atom stereocenters. The molecule has 0 radical (unpaired) electrons. The van der Waals surface area contributed by atoms with E-state index >= 15 is 0 Å². The number of halogens is 4. The van der Waals surface area contributed by atoms with Crippen molar-refractivity contribution in [2.24, 2.45) is 5.14 Å². The maximum absolute atomic E-state index is 13.4. The van der Waals surface area contributed by atoms with E-state index in [0.717, 1.165) is 12.1 Å². The highest BCUT2D eigenvalue weighted by atomic mass is 32.2. The molecule has 32 heavy (non-hydrogen) atoms. The molecule has 0 spiro atoms. The Labute approximate surface area is 180 Å². The first-order valence-electron chi connectivity index (χ1n) is 9.19. The Balaban J connectivity index is 1.68. The van der Waals surface area contributed by atoms with Crippen molar-refractivity contribution < 1.29 is 26.0 Å². The Morgan fingerprint density at radius 2 is 1.72 bits per heavy atom. The Morgan fingerprint density at radius 3 is 2.44 bits per heavy atom. The zero-order valence-corrected chi connectivity index (χ0v) is 17.0. The number of imidazole rings is 1. The molecule has 1 aromatic heterocycles. The van der Waals surface area contributed by atoms with Crippen molar-refractivity contribution in [2.75, 3.05) is 0 Å². The van der Waals surface area contributed by atoms with Crippen molar-refractivity contribution in [3.63, 3.8) is 0 Å². The number of fused-ring (bicyclic) bond motifs is 1. The van der Waals surface area contributed by atoms with Gasteiger partial charge < -0.3 is 4.98 Å². The molecule has 1 heterocycles. The van der Waals surface area contributed by atoms with E-state index < -0.39 is 27.6 Å². The van der Waals surface area contributed by atoms with Crippen molar-refractivity contribution in [1.29, 1.82) is 0 Å². The molecule has 0 unspecified atom stereocenters. The number of benzene rings is 3. The summed E-state index contributed by atoms with van der Waals surface area (Å²) in [5.41, 5.74) is 0.961. The van der Waals surface area contributed by atoms with Crippen LogP contribution in [0, 0.1) is 5.82 Å². The summed E-state index contributed by atoms with van der Waals surface area (Å²) in [5.74, 6) is -0.986. The first kappa shape index (κ1) is 21.7. The maximum atomic E-state index is 13.4. The predicted octanol–water partition coefficient (Wildman–Crippen LogP) is 5.21. The lowest BCUT2D eigenvalue weighted by molar-refractivity contribution is -0.140. The molecule has 5 nitrogen and oxygen atoms in total. The van der Waals surface area contributed by atoms with Gasteiger partial charge in [-0.15, -0.1) is 0 Å². The van der Waals surface area contributed by atoms with Crippen molar-refractivity contribution in [2.45, 2.75) is 11.1 Å². The summed E-state index contributed by atoms with van der Waals surface area (Å²) < 4.78 is 75.8. The number of rotatable bonds is 4. The molecule has 3 aromatic carbocycles. The van der Waals surface area contributed by atoms with Gasteiger partial charge in [0.2, 0.25) is 10.0 Å². The number of hydrogen-bond acceptors (Lipinski definition) is 3. The Kier molecular flexibility index (Phi) is 5.35. The molecule has 4 rings (SSSR count). The summed E-state index contributed by atoms with van der Waals surface area (Å²) in [6.07, 6.45) is -1.95. The van der Waals surface area contributed by atoms with E-state index in [2.05, 4.69) is 9.97 Å². The van der Waals surface area contributed by atoms with Crippen molar-refractivity contribution in [3.05, 3.63) is 83.4 Å². The number of aromatic amines is 1. The predicted molar refractivity (Wildman–Crippen MR) is 113 cm³/mol. The molecular formula is C22H15F4N3O2S. The summed E-state index contributed by atoms with van der Waals surface area (Å²) in [5, 5.41) is 5.30. The summed E-state index contributed by atoms with van der Waals surface area (Å²) in [6, 6.07) is 14.1. The van der Waals surface area contributed by atoms with Gasteiger partial charge in [0.15, 0.2) is 0 Å². The molecule has 0 saturated heterocycles. The largest absolute Gasteiger partial charge is 0.419 e. The molecule has 0 saturated carbocycles. The fourth-order valence-corrected chi connectivity index (χ4v) is 4.02. The third kappa shape index (κ3) is 4.41. The average molecular weight is 461 g/mol. The van der Waals surface area contributed by atoms with Gasteiger partial charge in [-0.1, -0.05) is 36.4 Å². The fraction of sp³-hybridized carbons (Fsp3) is 0.0455. The highest BCUT2D eigenvalue weighted by Gasteiger charge is 2.34. The maximum Gasteiger partial charge on any atom is 0.419 e. The highest BCUT2D eigenvalue weighted by Crippen LogP contribution is 2.32. The van der Waals surface area contributed by atoms with E-state index in [1.807, 2.05) is 0 Å². The quantitative estimate of drug-likeness (QED) is 0.409. The first-order chi connectivity index (χ1) is 15.0. The number of H-pyrrole nitrogens is 1. The molecule has 0 bridgehead atoms. The molecule has 0 amide bonds. The summed E-state index contributed by atoms with van der Waals surface area (Å²) in [6.45, 7) is 0. The van der Waals surface area contributed by atoms with Crippen LogP contribution in [0.2, 0.25) is 0 Å². The van der Waals surface area contributed by atoms with Crippen LogP contribution < -0.4 is 5.14 Å². The third-order valence-corrected chi connectivity index (χ3v) is 5.70. The molecule has 10 heteroatoms. The molecular weight excluding hydrogens is 446 g/mol. The summed E-state index contributed by atoms with van der Waals surface area (Å²) in [4.78, 5) is 7.36. The number of sulfonamides is 1. The van der Waals surface area contributed by atoms with Crippen LogP contribution in [-0.2, 0) is 16.2 Å². The lowest BCUT2D eigenvalue weighted by Gasteiger charge is -2.08. The van der Waals surface area contributed by atoms with Crippen LogP contribution in [0.4, 0.5) is 17.6 Å². The van der Waals surface area contributed by atoms with Gasteiger partial charge in [-0.05, 0) is 47.5 Å². The molecule has 0 fully saturated rings. The smallest absolute Gasteiger partial charge is 0.338 e. The molecule has 0 aliphatic rings. The Hall–Kier alpha value is -3.50. The number of nitrogens with zero attached hydrogens (tertiary/aromatic N) is 1. The lowest BCUT2D eigenvalue weighted by atomic mass is 10.1. The van der Waals surface area contributed by atoms with Crippen molar-refractivity contribution >= 4 is 33.2 Å². The second-order valence-electron chi connectivity index (χ2n) is 6.97. The first-order valence-corrected chi connectivity index (χ1v) is 10.7. The van der Waals surface area contributed by atoms with Gasteiger partial charge in [0.1, 0.15) is 11.6 Å². The molecule has 3 N–H and O–H groups in total. The van der Waals surface area contributed by atoms with Crippen LogP contribution in [-0.4, -0.2) is 18.4 Å². The second-order valence-corrected chi connectivity index (χ2v) is 8.50. The lowest BCUT2D eigenvalue weighted by Crippen LogP contribution is -2.13. The monoisotopic (exact) mass is 461 g/mol. The highest BCUT2D eigenvalue weighted by molar-refractivity contribution is 7.89. The minimum atomic E-state index is -4.79. The average Bonchev–Trinajstić information content (AvgIpc) is 3.14. The SMILES string of the molecule is NS(=O)(=O)c1ccccc1-c1ccc2[nH]c(C=Cc3ccc(F)c(C(F)(F)F)c3)nc2c1. The molecule has 164 valence electrons. The summed E-state index contributed by atoms with van der Waals surface area (Å²) >= 11 is 0. The number of alkyl halides is 3. The molecule has 0 aliphatic carbocycles. The molecule has 4 aromatic rings. The van der Waals surface area contributed by atoms with E-state index in [1.54, 1.807) is 36.4 Å². The topological polar surface area (TPSA) is 88.8 Å². The molecule has 0 aliphatic heterocycles. The van der Waals surface area contributed by atoms with Crippen LogP contribution in [0.1, 0.15) is 17.0 Å². The van der Waals surface area contributed by atoms with Crippen LogP contribution in [0.5, 0.6) is 0 Å². The van der Waals surface area contributed by atoms with E-state index in [9.17, 15) is 26.0 Å². The van der Waals surface area contributed by atoms with Crippen LogP contribution in [0.15, 0.2) is 65.6 Å². The van der Waals surface area contributed by atoms with Gasteiger partial charge in [-0.3, -0.25) is 0 Å². The number of hydrogen-bond donors (Lipinski definition) is 2. The van der Waals surface area contributed by atoms with Gasteiger partial charge in [0.25, 0.3) is 0 Å². The number of nitrogens with two attached hydrogens (primary N) is 1. The normalized spacial score (nSPS) is 12.7. The minimum absolute atomic E-state index is 0.0215. The number of nitrogens with one attached hydrogen (secondary N) is 1. The van der Waals surface area contributed by atoms with Gasteiger partial charge in [-0.25, -0.2) is 22.9 Å². The summed E-state index contributed by atoms with van der Waals surface area (Å²) in [7, 11) is -3.93. The second kappa shape index (κ2) is 7.88. The van der Waals surface area contributed by atoms with Crippen molar-refractivity contribution in [1.82, 2.24) is 9.97 Å². The fourth-order valence-electron chi connectivity index (χ4n) is 3.26. The van der Waals surface area contributed by atoms with Gasteiger partial charge in [-0.2, -0.15) is 13.2 Å².